The van der Waals surface area contributed by atoms with Crippen LogP contribution in [0.1, 0.15) is 59.6 Å². The molecule has 1 aromatic carbocycles. The van der Waals surface area contributed by atoms with Crippen LogP contribution in [-0.2, 0) is 11.3 Å². The predicted octanol–water partition coefficient (Wildman–Crippen LogP) is 5.14. The van der Waals surface area contributed by atoms with Gasteiger partial charge < -0.3 is 10.6 Å². The number of amides is 1. The van der Waals surface area contributed by atoms with E-state index in [0.29, 0.717) is 27.9 Å². The molecular weight excluding hydrogens is 487 g/mol. The fourth-order valence-corrected chi connectivity index (χ4v) is 5.12. The molecule has 1 heterocycles. The lowest BCUT2D eigenvalue weighted by molar-refractivity contribution is -0.122. The van der Waals surface area contributed by atoms with Crippen molar-refractivity contribution in [2.75, 3.05) is 5.32 Å². The Morgan fingerprint density at radius 3 is 2.55 bits per heavy atom. The third-order valence-corrected chi connectivity index (χ3v) is 8.61. The summed E-state index contributed by atoms with van der Waals surface area (Å²) in [4.78, 5) is 25.4. The summed E-state index contributed by atoms with van der Waals surface area (Å²) in [6.45, 7) is 13.1. The highest BCUT2D eigenvalue weighted by Gasteiger charge is 2.43. The molecule has 1 aromatic heterocycles. The summed E-state index contributed by atoms with van der Waals surface area (Å²) in [5.41, 5.74) is 1.32. The molecule has 1 unspecified atom stereocenters. The van der Waals surface area contributed by atoms with Gasteiger partial charge in [0.2, 0.25) is 5.91 Å². The van der Waals surface area contributed by atoms with E-state index >= 15 is 0 Å². The van der Waals surface area contributed by atoms with Crippen LogP contribution in [0.15, 0.2) is 39.7 Å². The lowest BCUT2D eigenvalue weighted by Gasteiger charge is -2.50. The van der Waals surface area contributed by atoms with E-state index in [1.807, 2.05) is 0 Å². The number of halogens is 2. The van der Waals surface area contributed by atoms with Gasteiger partial charge in [-0.15, -0.1) is 0 Å². The Morgan fingerprint density at radius 2 is 1.91 bits per heavy atom. The highest BCUT2D eigenvalue weighted by atomic mass is 79.9. The molecular formula is C25H34BrFN4O2. The monoisotopic (exact) mass is 520 g/mol. The molecule has 1 fully saturated rings. The SMILES string of the molecule is CC(NC(=O)Cn1ncc(N[C@@H]2C[C@H](C)C(C)(C)[C@H](C)[C@H]2C)c(Br)c1=O)c1ccc(F)cc1. The first-order chi connectivity index (χ1) is 15.4. The quantitative estimate of drug-likeness (QED) is 0.552. The molecule has 1 amide bonds. The summed E-state index contributed by atoms with van der Waals surface area (Å²) in [7, 11) is 0. The Hall–Kier alpha value is -2.22. The number of carbonyl (C=O) groups excluding carboxylic acids is 1. The van der Waals surface area contributed by atoms with Gasteiger partial charge in [-0.25, -0.2) is 9.07 Å². The number of benzene rings is 1. The number of anilines is 1. The zero-order valence-electron chi connectivity index (χ0n) is 20.2. The summed E-state index contributed by atoms with van der Waals surface area (Å²) in [5, 5.41) is 10.6. The summed E-state index contributed by atoms with van der Waals surface area (Å²) < 4.78 is 14.6. The largest absolute Gasteiger partial charge is 0.380 e. The van der Waals surface area contributed by atoms with E-state index in [-0.39, 0.29) is 41.3 Å². The maximum absolute atomic E-state index is 13.1. The minimum absolute atomic E-state index is 0.203. The van der Waals surface area contributed by atoms with Crippen LogP contribution in [0.2, 0.25) is 0 Å². The van der Waals surface area contributed by atoms with Crippen LogP contribution in [0, 0.1) is 29.0 Å². The average Bonchev–Trinajstić information content (AvgIpc) is 2.76. The average molecular weight is 521 g/mol. The third kappa shape index (κ3) is 5.48. The second-order valence-corrected chi connectivity index (χ2v) is 10.8. The van der Waals surface area contributed by atoms with Crippen LogP contribution in [0.4, 0.5) is 10.1 Å². The molecule has 2 N–H and O–H groups in total. The number of rotatable bonds is 6. The minimum atomic E-state index is -0.366. The lowest BCUT2D eigenvalue weighted by atomic mass is 9.58. The molecule has 5 atom stereocenters. The van der Waals surface area contributed by atoms with Crippen molar-refractivity contribution in [3.8, 4) is 0 Å². The van der Waals surface area contributed by atoms with Gasteiger partial charge in [0.15, 0.2) is 0 Å². The molecule has 0 aliphatic heterocycles. The van der Waals surface area contributed by atoms with E-state index in [0.717, 1.165) is 16.7 Å². The highest BCUT2D eigenvalue weighted by molar-refractivity contribution is 9.10. The summed E-state index contributed by atoms with van der Waals surface area (Å²) in [5.74, 6) is 0.823. The summed E-state index contributed by atoms with van der Waals surface area (Å²) in [6.07, 6.45) is 2.61. The van der Waals surface area contributed by atoms with Crippen LogP contribution >= 0.6 is 15.9 Å². The summed E-state index contributed by atoms with van der Waals surface area (Å²) in [6, 6.07) is 5.86. The van der Waals surface area contributed by atoms with Crippen molar-refractivity contribution in [2.45, 2.75) is 66.6 Å². The predicted molar refractivity (Wildman–Crippen MR) is 132 cm³/mol. The maximum Gasteiger partial charge on any atom is 0.283 e. The van der Waals surface area contributed by atoms with Gasteiger partial charge in [0, 0.05) is 6.04 Å². The van der Waals surface area contributed by atoms with Crippen molar-refractivity contribution in [1.29, 1.82) is 0 Å². The Kier molecular flexibility index (Phi) is 7.66. The molecule has 0 spiro atoms. The van der Waals surface area contributed by atoms with Gasteiger partial charge in [0.05, 0.1) is 17.9 Å². The van der Waals surface area contributed by atoms with E-state index in [4.69, 9.17) is 0 Å². The number of nitrogens with zero attached hydrogens (tertiary/aromatic N) is 2. The molecule has 0 radical (unpaired) electrons. The van der Waals surface area contributed by atoms with E-state index in [1.54, 1.807) is 25.3 Å². The van der Waals surface area contributed by atoms with Gasteiger partial charge in [-0.05, 0) is 70.1 Å². The first kappa shape index (κ1) is 25.4. The number of hydrogen-bond acceptors (Lipinski definition) is 4. The number of aromatic nitrogens is 2. The van der Waals surface area contributed by atoms with Crippen LogP contribution in [0.5, 0.6) is 0 Å². The standard InChI is InChI=1S/C25H34BrFN4O2/c1-14-11-20(15(2)16(3)25(14,5)6)30-21-12-28-31(24(33)23(21)26)13-22(32)29-17(4)18-7-9-19(27)10-8-18/h7-10,12,14-17,20,30H,11,13H2,1-6H3,(H,29,32)/t14-,15+,16+,17?,20+/m0/s1. The molecule has 1 aliphatic carbocycles. The van der Waals surface area contributed by atoms with Crippen LogP contribution in [0.3, 0.4) is 0 Å². The first-order valence-corrected chi connectivity index (χ1v) is 12.3. The minimum Gasteiger partial charge on any atom is -0.380 e. The molecule has 0 saturated heterocycles. The molecule has 33 heavy (non-hydrogen) atoms. The molecule has 2 aromatic rings. The Balaban J connectivity index is 1.68. The number of nitrogens with one attached hydrogen (secondary N) is 2. The van der Waals surface area contributed by atoms with E-state index in [9.17, 15) is 14.0 Å². The van der Waals surface area contributed by atoms with Gasteiger partial charge in [0.25, 0.3) is 5.56 Å². The van der Waals surface area contributed by atoms with Crippen LogP contribution in [-0.4, -0.2) is 21.7 Å². The maximum atomic E-state index is 13.1. The first-order valence-electron chi connectivity index (χ1n) is 11.5. The Bertz CT molecular complexity index is 1050. The van der Waals surface area contributed by atoms with Crippen LogP contribution in [0.25, 0.3) is 0 Å². The lowest BCUT2D eigenvalue weighted by Crippen LogP contribution is -2.48. The third-order valence-electron chi connectivity index (χ3n) is 7.84. The topological polar surface area (TPSA) is 76.0 Å². The molecule has 180 valence electrons. The van der Waals surface area contributed by atoms with E-state index < -0.39 is 0 Å². The fourth-order valence-electron chi connectivity index (χ4n) is 4.70. The molecule has 6 nitrogen and oxygen atoms in total. The second kappa shape index (κ2) is 9.95. The zero-order chi connectivity index (χ0) is 24.5. The number of hydrogen-bond donors (Lipinski definition) is 2. The van der Waals surface area contributed by atoms with Gasteiger partial charge in [-0.3, -0.25) is 9.59 Å². The Labute approximate surface area is 203 Å². The van der Waals surface area contributed by atoms with Gasteiger partial charge in [-0.1, -0.05) is 46.8 Å². The highest BCUT2D eigenvalue weighted by Crippen LogP contribution is 2.48. The molecule has 1 saturated carbocycles. The number of carbonyl (C=O) groups is 1. The van der Waals surface area contributed by atoms with Gasteiger partial charge >= 0.3 is 0 Å². The van der Waals surface area contributed by atoms with E-state index in [2.05, 4.69) is 66.3 Å². The molecule has 1 aliphatic rings. The molecule has 0 bridgehead atoms. The van der Waals surface area contributed by atoms with E-state index in [1.165, 1.54) is 12.1 Å². The molecule has 3 rings (SSSR count). The van der Waals surface area contributed by atoms with Gasteiger partial charge in [0.1, 0.15) is 16.8 Å². The van der Waals surface area contributed by atoms with Crippen molar-refractivity contribution >= 4 is 27.5 Å². The normalized spacial score (nSPS) is 25.3. The van der Waals surface area contributed by atoms with Crippen molar-refractivity contribution in [1.82, 2.24) is 15.1 Å². The van der Waals surface area contributed by atoms with Crippen molar-refractivity contribution in [3.05, 3.63) is 56.7 Å². The fraction of sp³-hybridized carbons (Fsp3) is 0.560. The molecule has 8 heteroatoms. The van der Waals surface area contributed by atoms with Crippen molar-refractivity contribution in [3.63, 3.8) is 0 Å². The van der Waals surface area contributed by atoms with Crippen LogP contribution < -0.4 is 16.2 Å². The van der Waals surface area contributed by atoms with Gasteiger partial charge in [-0.2, -0.15) is 5.10 Å². The Morgan fingerprint density at radius 1 is 1.27 bits per heavy atom. The van der Waals surface area contributed by atoms with Crippen molar-refractivity contribution in [2.24, 2.45) is 23.2 Å². The van der Waals surface area contributed by atoms with Crippen molar-refractivity contribution < 1.29 is 9.18 Å². The summed E-state index contributed by atoms with van der Waals surface area (Å²) >= 11 is 3.41. The second-order valence-electron chi connectivity index (χ2n) is 10.0. The smallest absolute Gasteiger partial charge is 0.283 e. The zero-order valence-corrected chi connectivity index (χ0v) is 21.7.